The highest BCUT2D eigenvalue weighted by atomic mass is 15.1. The van der Waals surface area contributed by atoms with Gasteiger partial charge in [0.05, 0.1) is 0 Å². The highest BCUT2D eigenvalue weighted by Gasteiger charge is 2.11. The minimum absolute atomic E-state index is 0.780. The lowest BCUT2D eigenvalue weighted by atomic mass is 10.0. The molecule has 19 heavy (non-hydrogen) atoms. The van der Waals surface area contributed by atoms with Crippen LogP contribution < -0.4 is 5.32 Å². The van der Waals surface area contributed by atoms with Crippen LogP contribution in [0.5, 0.6) is 0 Å². The van der Waals surface area contributed by atoms with Crippen LogP contribution in [-0.2, 0) is 6.42 Å². The van der Waals surface area contributed by atoms with E-state index in [9.17, 15) is 0 Å². The number of hydrogen-bond donors (Lipinski definition) is 1. The molecule has 1 atom stereocenters. The zero-order chi connectivity index (χ0) is 13.3. The fourth-order valence-electron chi connectivity index (χ4n) is 2.76. The van der Waals surface area contributed by atoms with E-state index < -0.39 is 0 Å². The van der Waals surface area contributed by atoms with Gasteiger partial charge in [-0.2, -0.15) is 0 Å². The van der Waals surface area contributed by atoms with Crippen LogP contribution in [0.1, 0.15) is 37.7 Å². The van der Waals surface area contributed by atoms with Gasteiger partial charge >= 0.3 is 0 Å². The highest BCUT2D eigenvalue weighted by molar-refractivity contribution is 5.09. The minimum atomic E-state index is 0.780. The van der Waals surface area contributed by atoms with Crippen LogP contribution in [0.2, 0.25) is 0 Å². The van der Waals surface area contributed by atoms with E-state index in [-0.39, 0.29) is 0 Å². The molecule has 2 heterocycles. The summed E-state index contributed by atoms with van der Waals surface area (Å²) >= 11 is 0. The summed E-state index contributed by atoms with van der Waals surface area (Å²) in [4.78, 5) is 6.50. The second-order valence-corrected chi connectivity index (χ2v) is 5.70. The topological polar surface area (TPSA) is 28.2 Å². The quantitative estimate of drug-likeness (QED) is 0.817. The maximum atomic E-state index is 4.05. The molecule has 1 aromatic rings. The fourth-order valence-corrected chi connectivity index (χ4v) is 2.76. The summed E-state index contributed by atoms with van der Waals surface area (Å²) in [6.07, 6.45) is 11.7. The Morgan fingerprint density at radius 1 is 1.26 bits per heavy atom. The average Bonchev–Trinajstić information content (AvgIpc) is 2.47. The Morgan fingerprint density at radius 3 is 2.84 bits per heavy atom. The van der Waals surface area contributed by atoms with Gasteiger partial charge in [-0.15, -0.1) is 0 Å². The molecular weight excluding hydrogens is 234 g/mol. The molecule has 0 bridgehead atoms. The summed E-state index contributed by atoms with van der Waals surface area (Å²) in [5.74, 6) is 0. The van der Waals surface area contributed by atoms with Crippen LogP contribution in [0.4, 0.5) is 0 Å². The van der Waals surface area contributed by atoms with Gasteiger partial charge in [-0.3, -0.25) is 4.98 Å². The molecule has 106 valence electrons. The first-order chi connectivity index (χ1) is 9.34. The largest absolute Gasteiger partial charge is 0.314 e. The van der Waals surface area contributed by atoms with Gasteiger partial charge in [-0.1, -0.05) is 6.42 Å². The van der Waals surface area contributed by atoms with Gasteiger partial charge in [-0.05, 0) is 69.9 Å². The third-order valence-corrected chi connectivity index (χ3v) is 4.04. The van der Waals surface area contributed by atoms with Crippen LogP contribution in [0, 0.1) is 0 Å². The fraction of sp³-hybridized carbons (Fsp3) is 0.688. The summed E-state index contributed by atoms with van der Waals surface area (Å²) in [5.41, 5.74) is 1.38. The van der Waals surface area contributed by atoms with E-state index in [4.69, 9.17) is 0 Å². The summed E-state index contributed by atoms with van der Waals surface area (Å²) < 4.78 is 0. The monoisotopic (exact) mass is 261 g/mol. The molecule has 1 aliphatic rings. The summed E-state index contributed by atoms with van der Waals surface area (Å²) in [6, 6.07) is 5.00. The Hall–Kier alpha value is -0.930. The van der Waals surface area contributed by atoms with Crippen molar-refractivity contribution in [3.05, 3.63) is 30.1 Å². The van der Waals surface area contributed by atoms with Crippen molar-refractivity contribution in [2.75, 3.05) is 26.7 Å². The number of rotatable bonds is 7. The lowest BCUT2D eigenvalue weighted by Crippen LogP contribution is -2.34. The summed E-state index contributed by atoms with van der Waals surface area (Å²) in [7, 11) is 2.23. The van der Waals surface area contributed by atoms with E-state index in [1.807, 2.05) is 12.4 Å². The molecule has 1 fully saturated rings. The van der Waals surface area contributed by atoms with Gasteiger partial charge in [0.2, 0.25) is 0 Å². The van der Waals surface area contributed by atoms with Crippen molar-refractivity contribution in [3.8, 4) is 0 Å². The molecule has 2 rings (SSSR count). The zero-order valence-corrected chi connectivity index (χ0v) is 12.1. The molecule has 0 saturated carbocycles. The lowest BCUT2D eigenvalue weighted by Gasteiger charge is -2.24. The van der Waals surface area contributed by atoms with Crippen molar-refractivity contribution in [2.45, 2.75) is 44.6 Å². The third kappa shape index (κ3) is 5.70. The second-order valence-electron chi connectivity index (χ2n) is 5.70. The standard InChI is InChI=1S/C16H27N3/c1-19(14-9-15-7-11-17-12-8-15)13-4-6-16-5-2-3-10-18-16/h7-8,11-12,16,18H,2-6,9-10,13-14H2,1H3. The van der Waals surface area contributed by atoms with Crippen molar-refractivity contribution in [1.82, 2.24) is 15.2 Å². The molecule has 0 amide bonds. The Bertz CT molecular complexity index is 333. The molecule has 0 spiro atoms. The van der Waals surface area contributed by atoms with E-state index in [0.29, 0.717) is 0 Å². The molecule has 1 unspecified atom stereocenters. The third-order valence-electron chi connectivity index (χ3n) is 4.04. The zero-order valence-electron chi connectivity index (χ0n) is 12.1. The van der Waals surface area contributed by atoms with Crippen molar-refractivity contribution >= 4 is 0 Å². The molecule has 0 radical (unpaired) electrons. The molecule has 1 aliphatic heterocycles. The Kier molecular flexibility index (Phi) is 6.31. The number of piperidine rings is 1. The molecule has 0 aromatic carbocycles. The van der Waals surface area contributed by atoms with Crippen LogP contribution >= 0.6 is 0 Å². The molecule has 1 saturated heterocycles. The Morgan fingerprint density at radius 2 is 2.11 bits per heavy atom. The number of nitrogens with one attached hydrogen (secondary N) is 1. The van der Waals surface area contributed by atoms with Gasteiger partial charge in [0.1, 0.15) is 0 Å². The summed E-state index contributed by atoms with van der Waals surface area (Å²) in [5, 5.41) is 3.63. The maximum absolute atomic E-state index is 4.05. The Labute approximate surface area is 117 Å². The second kappa shape index (κ2) is 8.28. The molecule has 1 N–H and O–H groups in total. The van der Waals surface area contributed by atoms with Crippen LogP contribution in [0.3, 0.4) is 0 Å². The predicted molar refractivity (Wildman–Crippen MR) is 80.3 cm³/mol. The predicted octanol–water partition coefficient (Wildman–Crippen LogP) is 2.48. The number of hydrogen-bond acceptors (Lipinski definition) is 3. The number of nitrogens with zero attached hydrogens (tertiary/aromatic N) is 2. The first-order valence-electron chi connectivity index (χ1n) is 7.65. The Balaban J connectivity index is 1.55. The highest BCUT2D eigenvalue weighted by Crippen LogP contribution is 2.12. The van der Waals surface area contributed by atoms with E-state index in [2.05, 4.69) is 34.4 Å². The van der Waals surface area contributed by atoms with Gasteiger partial charge in [-0.25, -0.2) is 0 Å². The van der Waals surface area contributed by atoms with Crippen molar-refractivity contribution in [1.29, 1.82) is 0 Å². The maximum Gasteiger partial charge on any atom is 0.0270 e. The number of pyridine rings is 1. The van der Waals surface area contributed by atoms with Gasteiger partial charge < -0.3 is 10.2 Å². The molecule has 0 aliphatic carbocycles. The van der Waals surface area contributed by atoms with Crippen LogP contribution in [-0.4, -0.2) is 42.6 Å². The first kappa shape index (κ1) is 14.5. The number of aromatic nitrogens is 1. The molecule has 3 nitrogen and oxygen atoms in total. The smallest absolute Gasteiger partial charge is 0.0270 e. The first-order valence-corrected chi connectivity index (χ1v) is 7.65. The van der Waals surface area contributed by atoms with E-state index in [0.717, 1.165) is 19.0 Å². The average molecular weight is 261 g/mol. The normalized spacial score (nSPS) is 19.8. The van der Waals surface area contributed by atoms with Gasteiger partial charge in [0.15, 0.2) is 0 Å². The molecule has 1 aromatic heterocycles. The minimum Gasteiger partial charge on any atom is -0.314 e. The van der Waals surface area contributed by atoms with Crippen LogP contribution in [0.25, 0.3) is 0 Å². The SMILES string of the molecule is CN(CCCC1CCCCN1)CCc1ccncc1. The molecule has 3 heteroatoms. The van der Waals surface area contributed by atoms with E-state index in [1.54, 1.807) is 0 Å². The van der Waals surface area contributed by atoms with E-state index in [1.165, 1.54) is 50.8 Å². The van der Waals surface area contributed by atoms with Crippen LogP contribution in [0.15, 0.2) is 24.5 Å². The summed E-state index contributed by atoms with van der Waals surface area (Å²) in [6.45, 7) is 3.58. The van der Waals surface area contributed by atoms with Crippen molar-refractivity contribution < 1.29 is 0 Å². The lowest BCUT2D eigenvalue weighted by molar-refractivity contribution is 0.306. The van der Waals surface area contributed by atoms with Crippen molar-refractivity contribution in [2.24, 2.45) is 0 Å². The van der Waals surface area contributed by atoms with Gasteiger partial charge in [0, 0.05) is 25.0 Å². The molecular formula is C16H27N3. The number of likely N-dealkylation sites (N-methyl/N-ethyl adjacent to an activating group) is 1. The van der Waals surface area contributed by atoms with Gasteiger partial charge in [0.25, 0.3) is 0 Å². The van der Waals surface area contributed by atoms with Crippen molar-refractivity contribution in [3.63, 3.8) is 0 Å². The van der Waals surface area contributed by atoms with E-state index >= 15 is 0 Å².